The van der Waals surface area contributed by atoms with E-state index in [0.29, 0.717) is 4.88 Å². The molecule has 0 radical (unpaired) electrons. The molecule has 0 bridgehead atoms. The van der Waals surface area contributed by atoms with Gasteiger partial charge in [0.2, 0.25) is 5.78 Å². The number of ketones is 1. The minimum atomic E-state index is -0.837. The lowest BCUT2D eigenvalue weighted by atomic mass is 10.2. The van der Waals surface area contributed by atoms with Gasteiger partial charge in [0.15, 0.2) is 6.61 Å². The molecule has 11 heteroatoms. The normalized spacial score (nSPS) is 11.0. The van der Waals surface area contributed by atoms with E-state index >= 15 is 0 Å². The lowest BCUT2D eigenvalue weighted by Gasteiger charge is -2.10. The first-order valence-electron chi connectivity index (χ1n) is 8.99. The molecule has 0 atom stereocenters. The maximum atomic E-state index is 12.5. The molecule has 0 amide bonds. The van der Waals surface area contributed by atoms with Gasteiger partial charge >= 0.3 is 11.7 Å². The molecule has 0 saturated carbocycles. The summed E-state index contributed by atoms with van der Waals surface area (Å²) in [5.74, 6) is -1.76. The number of carbonyl (C=O) groups excluding carboxylic acids is 2. The Hall–Kier alpha value is -3.57. The topological polar surface area (TPSA) is 126 Å². The van der Waals surface area contributed by atoms with Crippen LogP contribution in [0.25, 0.3) is 20.1 Å². The number of nitrogens with two attached hydrogens (primary N) is 1. The van der Waals surface area contributed by atoms with Crippen LogP contribution in [-0.4, -0.2) is 32.5 Å². The van der Waals surface area contributed by atoms with Gasteiger partial charge in [-0.3, -0.25) is 18.7 Å². The maximum Gasteiger partial charge on any atom is 0.348 e. The number of carbonyl (C=O) groups is 2. The molecule has 0 aliphatic rings. The Bertz CT molecular complexity index is 1430. The van der Waals surface area contributed by atoms with Crippen molar-refractivity contribution in [2.75, 3.05) is 12.3 Å². The van der Waals surface area contributed by atoms with Crippen molar-refractivity contribution in [3.63, 3.8) is 0 Å². The number of benzene rings is 1. The van der Waals surface area contributed by atoms with E-state index in [1.807, 2.05) is 24.3 Å². The van der Waals surface area contributed by atoms with Crippen molar-refractivity contribution >= 4 is 50.5 Å². The number of fused-ring (bicyclic) bond motifs is 1. The molecule has 0 unspecified atom stereocenters. The molecule has 158 valence electrons. The molecule has 31 heavy (non-hydrogen) atoms. The highest BCUT2D eigenvalue weighted by molar-refractivity contribution is 7.26. The summed E-state index contributed by atoms with van der Waals surface area (Å²) in [6.45, 7) is -0.676. The third-order valence-electron chi connectivity index (χ3n) is 4.63. The van der Waals surface area contributed by atoms with Crippen LogP contribution >= 0.6 is 22.7 Å². The van der Waals surface area contributed by atoms with E-state index in [9.17, 15) is 19.2 Å². The second kappa shape index (κ2) is 7.93. The lowest BCUT2D eigenvalue weighted by Crippen LogP contribution is -2.42. The van der Waals surface area contributed by atoms with Gasteiger partial charge in [-0.1, -0.05) is 12.1 Å². The fourth-order valence-corrected chi connectivity index (χ4v) is 4.86. The fraction of sp³-hybridized carbons (Fsp3) is 0.150. The average Bonchev–Trinajstić information content (AvgIpc) is 3.42. The zero-order chi connectivity index (χ0) is 22.3. The monoisotopic (exact) mass is 456 g/mol. The summed E-state index contributed by atoms with van der Waals surface area (Å²) in [6.07, 6.45) is 0. The first-order valence-corrected chi connectivity index (χ1v) is 10.6. The molecule has 0 saturated heterocycles. The van der Waals surface area contributed by atoms with Crippen LogP contribution in [0.15, 0.2) is 46.0 Å². The summed E-state index contributed by atoms with van der Waals surface area (Å²) in [6, 6.07) is 11.1. The van der Waals surface area contributed by atoms with Crippen molar-refractivity contribution in [1.82, 2.24) is 14.1 Å². The zero-order valence-electron chi connectivity index (χ0n) is 16.4. The minimum Gasteiger partial charge on any atom is -0.453 e. The highest BCUT2D eigenvalue weighted by atomic mass is 32.1. The first kappa shape index (κ1) is 20.7. The van der Waals surface area contributed by atoms with Gasteiger partial charge in [-0.2, -0.15) is 0 Å². The van der Waals surface area contributed by atoms with E-state index in [4.69, 9.17) is 10.5 Å². The number of rotatable bonds is 5. The van der Waals surface area contributed by atoms with E-state index in [1.165, 1.54) is 36.8 Å². The number of nitrogens with zero attached hydrogens (tertiary/aromatic N) is 3. The number of hydrogen-bond donors (Lipinski definition) is 1. The van der Waals surface area contributed by atoms with Crippen molar-refractivity contribution in [2.24, 2.45) is 14.1 Å². The molecule has 4 aromatic rings. The Morgan fingerprint density at radius 3 is 2.55 bits per heavy atom. The van der Waals surface area contributed by atoms with Gasteiger partial charge in [-0.15, -0.1) is 22.7 Å². The molecule has 4 rings (SSSR count). The molecule has 9 nitrogen and oxygen atoms in total. The van der Waals surface area contributed by atoms with Crippen LogP contribution in [0.2, 0.25) is 0 Å². The van der Waals surface area contributed by atoms with E-state index in [0.717, 1.165) is 29.2 Å². The van der Waals surface area contributed by atoms with Crippen molar-refractivity contribution in [2.45, 2.75) is 0 Å². The quantitative estimate of drug-likeness (QED) is 0.360. The molecular formula is C20H16N4O5S2. The van der Waals surface area contributed by atoms with Gasteiger partial charge < -0.3 is 10.5 Å². The predicted molar refractivity (Wildman–Crippen MR) is 119 cm³/mol. The van der Waals surface area contributed by atoms with Crippen molar-refractivity contribution in [3.8, 4) is 9.88 Å². The maximum absolute atomic E-state index is 12.5. The number of thiazole rings is 1. The van der Waals surface area contributed by atoms with Crippen molar-refractivity contribution in [3.05, 3.63) is 67.7 Å². The zero-order valence-corrected chi connectivity index (χ0v) is 18.1. The fourth-order valence-electron chi connectivity index (χ4n) is 2.94. The summed E-state index contributed by atoms with van der Waals surface area (Å²) >= 11 is 2.71. The van der Waals surface area contributed by atoms with Gasteiger partial charge in [-0.05, 0) is 24.3 Å². The predicted octanol–water partition coefficient (Wildman–Crippen LogP) is 2.04. The van der Waals surface area contributed by atoms with Gasteiger partial charge in [-0.25, -0.2) is 14.6 Å². The van der Waals surface area contributed by atoms with Crippen LogP contribution in [0.5, 0.6) is 0 Å². The van der Waals surface area contributed by atoms with Gasteiger partial charge in [0, 0.05) is 14.1 Å². The number of ether oxygens (including phenoxy) is 1. The van der Waals surface area contributed by atoms with E-state index in [1.54, 1.807) is 12.1 Å². The standard InChI is InChI=1S/C20H16N4O5S2/c1-23-16(21)15(18(26)24(2)20(23)28)11(25)9-29-19(27)14-8-7-13(30-14)17-22-10-5-3-4-6-12(10)31-17/h3-8H,9,21H2,1-2H3. The Labute approximate surface area is 183 Å². The Balaban J connectivity index is 1.51. The number of nitrogen functional groups attached to an aromatic ring is 1. The van der Waals surface area contributed by atoms with Gasteiger partial charge in [0.1, 0.15) is 21.3 Å². The molecule has 0 aliphatic carbocycles. The molecular weight excluding hydrogens is 440 g/mol. The summed E-state index contributed by atoms with van der Waals surface area (Å²) in [5, 5.41) is 0.780. The van der Waals surface area contributed by atoms with Crippen molar-refractivity contribution in [1.29, 1.82) is 0 Å². The molecule has 1 aromatic carbocycles. The average molecular weight is 457 g/mol. The number of esters is 1. The minimum absolute atomic E-state index is 0.275. The summed E-state index contributed by atoms with van der Waals surface area (Å²) in [5.41, 5.74) is 4.75. The molecule has 0 spiro atoms. The molecule has 0 aliphatic heterocycles. The van der Waals surface area contributed by atoms with Gasteiger partial charge in [0.25, 0.3) is 5.56 Å². The first-order chi connectivity index (χ1) is 14.8. The number of Topliss-reactive ketones (excluding diaryl/α,β-unsaturated/α-hetero) is 1. The Morgan fingerprint density at radius 1 is 1.06 bits per heavy atom. The number of aromatic nitrogens is 3. The van der Waals surface area contributed by atoms with E-state index in [-0.39, 0.29) is 5.82 Å². The molecule has 3 aromatic heterocycles. The van der Waals surface area contributed by atoms with Crippen LogP contribution in [0.1, 0.15) is 20.0 Å². The van der Waals surface area contributed by atoms with Crippen LogP contribution in [0.4, 0.5) is 5.82 Å². The molecule has 3 heterocycles. The highest BCUT2D eigenvalue weighted by Crippen LogP contribution is 2.34. The number of anilines is 1. The summed E-state index contributed by atoms with van der Waals surface area (Å²) in [4.78, 5) is 54.6. The Kier molecular flexibility index (Phi) is 5.29. The molecule has 2 N–H and O–H groups in total. The second-order valence-corrected chi connectivity index (χ2v) is 8.73. The summed E-state index contributed by atoms with van der Waals surface area (Å²) in [7, 11) is 2.58. The van der Waals surface area contributed by atoms with Gasteiger partial charge in [0.05, 0.1) is 15.1 Å². The number of para-hydroxylation sites is 1. The Morgan fingerprint density at radius 2 is 1.81 bits per heavy atom. The van der Waals surface area contributed by atoms with Crippen LogP contribution < -0.4 is 17.0 Å². The molecule has 0 fully saturated rings. The SMILES string of the molecule is Cn1c(N)c(C(=O)COC(=O)c2ccc(-c3nc4ccccc4s3)s2)c(=O)n(C)c1=O. The van der Waals surface area contributed by atoms with Crippen LogP contribution in [-0.2, 0) is 18.8 Å². The lowest BCUT2D eigenvalue weighted by molar-refractivity contribution is 0.0479. The highest BCUT2D eigenvalue weighted by Gasteiger charge is 2.22. The summed E-state index contributed by atoms with van der Waals surface area (Å²) < 4.78 is 7.88. The third-order valence-corrected chi connectivity index (χ3v) is 6.91. The second-order valence-electron chi connectivity index (χ2n) is 6.62. The van der Waals surface area contributed by atoms with Crippen LogP contribution in [0.3, 0.4) is 0 Å². The largest absolute Gasteiger partial charge is 0.453 e. The van der Waals surface area contributed by atoms with Crippen molar-refractivity contribution < 1.29 is 14.3 Å². The van der Waals surface area contributed by atoms with E-state index in [2.05, 4.69) is 4.98 Å². The number of hydrogen-bond acceptors (Lipinski definition) is 9. The third kappa shape index (κ3) is 3.68. The number of thiophene rings is 1. The smallest absolute Gasteiger partial charge is 0.348 e. The van der Waals surface area contributed by atoms with E-state index < -0.39 is 35.2 Å². The van der Waals surface area contributed by atoms with Crippen LogP contribution in [0, 0.1) is 0 Å².